The molecule has 0 aliphatic carbocycles. The predicted octanol–water partition coefficient (Wildman–Crippen LogP) is 1.61. The summed E-state index contributed by atoms with van der Waals surface area (Å²) in [6, 6.07) is 7.21. The first kappa shape index (κ1) is 12.8. The standard InChI is InChI=1S/C12H12N2O3S/c1-17-7-2-3-8-10(6-7)18-12(14-8)11(16)9(15)4-5-13/h2-3,6,9,11,15-16H,4H2,1H3. The van der Waals surface area contributed by atoms with E-state index < -0.39 is 12.2 Å². The summed E-state index contributed by atoms with van der Waals surface area (Å²) in [5.74, 6) is 0.713. The molecule has 0 fully saturated rings. The third-order valence-electron chi connectivity index (χ3n) is 2.53. The maximum absolute atomic E-state index is 9.86. The second-order valence-corrected chi connectivity index (χ2v) is 4.82. The molecule has 94 valence electrons. The fraction of sp³-hybridized carbons (Fsp3) is 0.333. The zero-order valence-corrected chi connectivity index (χ0v) is 10.5. The molecule has 2 rings (SSSR count). The monoisotopic (exact) mass is 264 g/mol. The summed E-state index contributed by atoms with van der Waals surface area (Å²) in [5, 5.41) is 28.3. The van der Waals surface area contributed by atoms with Crippen molar-refractivity contribution < 1.29 is 14.9 Å². The molecule has 0 saturated carbocycles. The van der Waals surface area contributed by atoms with E-state index in [0.29, 0.717) is 10.8 Å². The molecule has 0 spiro atoms. The molecule has 2 atom stereocenters. The maximum atomic E-state index is 9.86. The van der Waals surface area contributed by atoms with Gasteiger partial charge in [0, 0.05) is 0 Å². The Morgan fingerprint density at radius 3 is 2.94 bits per heavy atom. The summed E-state index contributed by atoms with van der Waals surface area (Å²) in [6.07, 6.45) is -2.37. The van der Waals surface area contributed by atoms with E-state index in [1.807, 2.05) is 12.1 Å². The SMILES string of the molecule is COc1ccc2nc(C(O)C(O)CC#N)sc2c1. The van der Waals surface area contributed by atoms with Gasteiger partial charge in [0.15, 0.2) is 0 Å². The first-order valence-corrected chi connectivity index (χ1v) is 6.15. The minimum absolute atomic E-state index is 0.125. The fourth-order valence-corrected chi connectivity index (χ4v) is 2.59. The van der Waals surface area contributed by atoms with Gasteiger partial charge in [0.05, 0.1) is 35.9 Å². The molecule has 1 aromatic heterocycles. The molecule has 0 aliphatic heterocycles. The van der Waals surface area contributed by atoms with Crippen LogP contribution in [0.4, 0.5) is 0 Å². The molecule has 0 aliphatic rings. The lowest BCUT2D eigenvalue weighted by Crippen LogP contribution is -2.17. The Balaban J connectivity index is 2.32. The van der Waals surface area contributed by atoms with E-state index in [2.05, 4.69) is 4.98 Å². The second kappa shape index (κ2) is 5.31. The first-order chi connectivity index (χ1) is 8.65. The molecular formula is C12H12N2O3S. The van der Waals surface area contributed by atoms with Crippen molar-refractivity contribution >= 4 is 21.6 Å². The van der Waals surface area contributed by atoms with Crippen LogP contribution in [0.2, 0.25) is 0 Å². The molecule has 0 radical (unpaired) electrons. The number of aromatic nitrogens is 1. The van der Waals surface area contributed by atoms with Crippen LogP contribution >= 0.6 is 11.3 Å². The number of benzene rings is 1. The molecule has 2 unspecified atom stereocenters. The minimum Gasteiger partial charge on any atom is -0.497 e. The van der Waals surface area contributed by atoms with Crippen molar-refractivity contribution in [3.63, 3.8) is 0 Å². The Kier molecular flexibility index (Phi) is 3.77. The lowest BCUT2D eigenvalue weighted by Gasteiger charge is -2.11. The Labute approximate surface area is 108 Å². The molecule has 2 aromatic rings. The van der Waals surface area contributed by atoms with Crippen LogP contribution in [0.15, 0.2) is 18.2 Å². The number of aliphatic hydroxyl groups is 2. The van der Waals surface area contributed by atoms with E-state index >= 15 is 0 Å². The van der Waals surface area contributed by atoms with Crippen molar-refractivity contribution in [3.05, 3.63) is 23.2 Å². The molecule has 1 aromatic carbocycles. The molecule has 18 heavy (non-hydrogen) atoms. The van der Waals surface area contributed by atoms with Gasteiger partial charge >= 0.3 is 0 Å². The molecule has 0 amide bonds. The van der Waals surface area contributed by atoms with Gasteiger partial charge in [-0.1, -0.05) is 0 Å². The van der Waals surface area contributed by atoms with Crippen LogP contribution in [0.5, 0.6) is 5.75 Å². The van der Waals surface area contributed by atoms with Gasteiger partial charge in [0.1, 0.15) is 16.9 Å². The minimum atomic E-state index is -1.13. The Bertz CT molecular complexity index is 591. The number of nitriles is 1. The van der Waals surface area contributed by atoms with Crippen molar-refractivity contribution in [2.75, 3.05) is 7.11 Å². The highest BCUT2D eigenvalue weighted by molar-refractivity contribution is 7.18. The zero-order chi connectivity index (χ0) is 13.1. The number of hydrogen-bond donors (Lipinski definition) is 2. The Hall–Kier alpha value is -1.68. The Morgan fingerprint density at radius 2 is 2.28 bits per heavy atom. The summed E-state index contributed by atoms with van der Waals surface area (Å²) in [7, 11) is 1.58. The van der Waals surface area contributed by atoms with Crippen molar-refractivity contribution in [3.8, 4) is 11.8 Å². The van der Waals surface area contributed by atoms with E-state index in [1.54, 1.807) is 19.2 Å². The van der Waals surface area contributed by atoms with Crippen LogP contribution in [0, 0.1) is 11.3 Å². The van der Waals surface area contributed by atoms with E-state index in [-0.39, 0.29) is 6.42 Å². The molecule has 6 heteroatoms. The normalized spacial score (nSPS) is 14.1. The first-order valence-electron chi connectivity index (χ1n) is 5.33. The third kappa shape index (κ3) is 2.43. The van der Waals surface area contributed by atoms with Crippen LogP contribution in [0.25, 0.3) is 10.2 Å². The lowest BCUT2D eigenvalue weighted by atomic mass is 10.1. The van der Waals surface area contributed by atoms with Gasteiger partial charge in [0.25, 0.3) is 0 Å². The number of aliphatic hydroxyl groups excluding tert-OH is 2. The predicted molar refractivity (Wildman–Crippen MR) is 67.4 cm³/mol. The molecule has 2 N–H and O–H groups in total. The van der Waals surface area contributed by atoms with Gasteiger partial charge in [-0.05, 0) is 18.2 Å². The lowest BCUT2D eigenvalue weighted by molar-refractivity contribution is 0.0216. The molecule has 1 heterocycles. The number of rotatable bonds is 4. The fourth-order valence-electron chi connectivity index (χ4n) is 1.55. The van der Waals surface area contributed by atoms with Gasteiger partial charge in [-0.25, -0.2) is 4.98 Å². The van der Waals surface area contributed by atoms with E-state index in [9.17, 15) is 10.2 Å². The highest BCUT2D eigenvalue weighted by atomic mass is 32.1. The van der Waals surface area contributed by atoms with Crippen molar-refractivity contribution in [2.24, 2.45) is 0 Å². The number of hydrogen-bond acceptors (Lipinski definition) is 6. The largest absolute Gasteiger partial charge is 0.497 e. The van der Waals surface area contributed by atoms with Gasteiger partial charge in [-0.15, -0.1) is 11.3 Å². The van der Waals surface area contributed by atoms with Crippen LogP contribution in [0.1, 0.15) is 17.5 Å². The average Bonchev–Trinajstić information content (AvgIpc) is 2.80. The van der Waals surface area contributed by atoms with E-state index in [0.717, 1.165) is 10.2 Å². The summed E-state index contributed by atoms with van der Waals surface area (Å²) in [6.45, 7) is 0. The number of nitrogens with zero attached hydrogens (tertiary/aromatic N) is 2. The Morgan fingerprint density at radius 1 is 1.50 bits per heavy atom. The number of fused-ring (bicyclic) bond motifs is 1. The van der Waals surface area contributed by atoms with Crippen LogP contribution in [0.3, 0.4) is 0 Å². The number of ether oxygens (including phenoxy) is 1. The number of thiazole rings is 1. The summed E-state index contributed by atoms with van der Waals surface area (Å²) < 4.78 is 5.97. The molecule has 0 bridgehead atoms. The zero-order valence-electron chi connectivity index (χ0n) is 9.70. The second-order valence-electron chi connectivity index (χ2n) is 3.76. The highest BCUT2D eigenvalue weighted by Crippen LogP contribution is 2.31. The van der Waals surface area contributed by atoms with Crippen molar-refractivity contribution in [1.82, 2.24) is 4.98 Å². The van der Waals surface area contributed by atoms with Gasteiger partial charge in [-0.2, -0.15) is 5.26 Å². The van der Waals surface area contributed by atoms with Crippen molar-refractivity contribution in [2.45, 2.75) is 18.6 Å². The van der Waals surface area contributed by atoms with Gasteiger partial charge in [-0.3, -0.25) is 0 Å². The molecule has 0 saturated heterocycles. The maximum Gasteiger partial charge on any atom is 0.132 e. The average molecular weight is 264 g/mol. The third-order valence-corrected chi connectivity index (χ3v) is 3.62. The smallest absolute Gasteiger partial charge is 0.132 e. The van der Waals surface area contributed by atoms with Gasteiger partial charge < -0.3 is 14.9 Å². The van der Waals surface area contributed by atoms with Crippen LogP contribution in [-0.4, -0.2) is 28.4 Å². The van der Waals surface area contributed by atoms with E-state index in [1.165, 1.54) is 11.3 Å². The summed E-state index contributed by atoms with van der Waals surface area (Å²) in [5.41, 5.74) is 0.735. The molecular weight excluding hydrogens is 252 g/mol. The summed E-state index contributed by atoms with van der Waals surface area (Å²) in [4.78, 5) is 4.23. The topological polar surface area (TPSA) is 86.4 Å². The highest BCUT2D eigenvalue weighted by Gasteiger charge is 2.21. The van der Waals surface area contributed by atoms with Gasteiger partial charge in [0.2, 0.25) is 0 Å². The molecule has 5 nitrogen and oxygen atoms in total. The van der Waals surface area contributed by atoms with E-state index in [4.69, 9.17) is 10.00 Å². The van der Waals surface area contributed by atoms with Crippen LogP contribution < -0.4 is 4.74 Å². The quantitative estimate of drug-likeness (QED) is 0.876. The number of methoxy groups -OCH3 is 1. The van der Waals surface area contributed by atoms with Crippen molar-refractivity contribution in [1.29, 1.82) is 5.26 Å². The summed E-state index contributed by atoms with van der Waals surface area (Å²) >= 11 is 1.28. The van der Waals surface area contributed by atoms with Crippen LogP contribution in [-0.2, 0) is 0 Å².